The number of aliphatic imine (C=N–C) groups is 1. The van der Waals surface area contributed by atoms with Crippen LogP contribution in [0.1, 0.15) is 26.7 Å². The fraction of sp³-hybridized carbons (Fsp3) is 0.600. The van der Waals surface area contributed by atoms with Crippen LogP contribution in [0.2, 0.25) is 0 Å². The molecule has 78 valence electrons. The topological polar surface area (TPSA) is 58.9 Å². The number of rotatable bonds is 2. The molecule has 1 atom stereocenters. The van der Waals surface area contributed by atoms with Crippen LogP contribution in [-0.2, 0) is 9.53 Å². The minimum Gasteiger partial charge on any atom is -0.511 e. The first kappa shape index (κ1) is 10.8. The number of aliphatic hydroxyl groups is 1. The maximum absolute atomic E-state index is 11.3. The molecule has 0 aromatic carbocycles. The van der Waals surface area contributed by atoms with Crippen molar-refractivity contribution in [3.63, 3.8) is 0 Å². The minimum atomic E-state index is -0.515. The molecule has 1 unspecified atom stereocenters. The van der Waals surface area contributed by atoms with E-state index in [1.54, 1.807) is 6.92 Å². The van der Waals surface area contributed by atoms with Gasteiger partial charge in [-0.25, -0.2) is 4.79 Å². The minimum absolute atomic E-state index is 0.0865. The predicted octanol–water partition coefficient (Wildman–Crippen LogP) is 1.61. The molecule has 0 spiro atoms. The molecule has 1 aliphatic heterocycles. The monoisotopic (exact) mass is 197 g/mol. The summed E-state index contributed by atoms with van der Waals surface area (Å²) in [5.41, 5.74) is 0.782. The van der Waals surface area contributed by atoms with Crippen LogP contribution in [0, 0.1) is 0 Å². The van der Waals surface area contributed by atoms with Crippen molar-refractivity contribution in [2.75, 3.05) is 7.11 Å². The Hall–Kier alpha value is -1.32. The third kappa shape index (κ3) is 1.95. The van der Waals surface area contributed by atoms with E-state index in [9.17, 15) is 9.90 Å². The fourth-order valence-electron chi connectivity index (χ4n) is 1.52. The number of dihydropyridines is 1. The standard InChI is InChI=1S/C10H15NO3/c1-4-7-5-8(12)9(6(2)11-7)10(13)14-3/h7,12H,4-5H2,1-3H3. The third-order valence-corrected chi connectivity index (χ3v) is 2.32. The molecule has 0 radical (unpaired) electrons. The molecule has 0 amide bonds. The molecule has 14 heavy (non-hydrogen) atoms. The molecule has 1 N–H and O–H groups in total. The third-order valence-electron chi connectivity index (χ3n) is 2.32. The first-order valence-corrected chi connectivity index (χ1v) is 4.65. The van der Waals surface area contributed by atoms with Gasteiger partial charge in [-0.05, 0) is 13.3 Å². The Morgan fingerprint density at radius 2 is 2.36 bits per heavy atom. The van der Waals surface area contributed by atoms with Gasteiger partial charge in [-0.1, -0.05) is 6.92 Å². The molecule has 1 heterocycles. The number of ether oxygens (including phenoxy) is 1. The second-order valence-electron chi connectivity index (χ2n) is 3.29. The molecule has 1 aliphatic rings. The smallest absolute Gasteiger partial charge is 0.343 e. The van der Waals surface area contributed by atoms with Gasteiger partial charge >= 0.3 is 5.97 Å². The van der Waals surface area contributed by atoms with Gasteiger partial charge in [0.2, 0.25) is 0 Å². The van der Waals surface area contributed by atoms with Gasteiger partial charge in [0.05, 0.1) is 13.2 Å². The van der Waals surface area contributed by atoms with Crippen LogP contribution in [0.5, 0.6) is 0 Å². The van der Waals surface area contributed by atoms with E-state index in [0.29, 0.717) is 12.1 Å². The van der Waals surface area contributed by atoms with Crippen LogP contribution in [0.15, 0.2) is 16.3 Å². The molecule has 0 aliphatic carbocycles. The summed E-state index contributed by atoms with van der Waals surface area (Å²) in [7, 11) is 1.29. The van der Waals surface area contributed by atoms with Crippen molar-refractivity contribution in [3.8, 4) is 0 Å². The molecule has 0 bridgehead atoms. The first-order valence-electron chi connectivity index (χ1n) is 4.65. The molecule has 1 rings (SSSR count). The highest BCUT2D eigenvalue weighted by atomic mass is 16.5. The quantitative estimate of drug-likeness (QED) is 0.684. The van der Waals surface area contributed by atoms with Crippen molar-refractivity contribution < 1.29 is 14.6 Å². The Morgan fingerprint density at radius 3 is 2.79 bits per heavy atom. The summed E-state index contributed by atoms with van der Waals surface area (Å²) >= 11 is 0. The molecule has 0 saturated heterocycles. The van der Waals surface area contributed by atoms with Gasteiger partial charge in [-0.2, -0.15) is 0 Å². The van der Waals surface area contributed by atoms with Crippen LogP contribution in [0.4, 0.5) is 0 Å². The predicted molar refractivity (Wildman–Crippen MR) is 53.5 cm³/mol. The summed E-state index contributed by atoms with van der Waals surface area (Å²) < 4.78 is 4.56. The number of aliphatic hydroxyl groups excluding tert-OH is 1. The summed E-state index contributed by atoms with van der Waals surface area (Å²) in [5, 5.41) is 9.64. The highest BCUT2D eigenvalue weighted by Gasteiger charge is 2.25. The van der Waals surface area contributed by atoms with E-state index in [0.717, 1.165) is 6.42 Å². The van der Waals surface area contributed by atoms with E-state index in [-0.39, 0.29) is 17.4 Å². The van der Waals surface area contributed by atoms with E-state index in [1.807, 2.05) is 6.92 Å². The second kappa shape index (κ2) is 4.26. The van der Waals surface area contributed by atoms with Crippen LogP contribution < -0.4 is 0 Å². The Morgan fingerprint density at radius 1 is 1.71 bits per heavy atom. The number of carbonyl (C=O) groups is 1. The van der Waals surface area contributed by atoms with Gasteiger partial charge in [-0.15, -0.1) is 0 Å². The lowest BCUT2D eigenvalue weighted by Crippen LogP contribution is -2.23. The maximum atomic E-state index is 11.3. The van der Waals surface area contributed by atoms with Crippen molar-refractivity contribution in [2.45, 2.75) is 32.7 Å². The highest BCUT2D eigenvalue weighted by Crippen LogP contribution is 2.21. The SMILES string of the molecule is CCC1CC(O)=C(C(=O)OC)C(C)=N1. The molecule has 0 aromatic rings. The Bertz CT molecular complexity index is 304. The Labute approximate surface area is 83.3 Å². The lowest BCUT2D eigenvalue weighted by Gasteiger charge is -2.19. The van der Waals surface area contributed by atoms with Gasteiger partial charge < -0.3 is 9.84 Å². The largest absolute Gasteiger partial charge is 0.511 e. The van der Waals surface area contributed by atoms with Crippen LogP contribution in [0.3, 0.4) is 0 Å². The van der Waals surface area contributed by atoms with Gasteiger partial charge in [-0.3, -0.25) is 4.99 Å². The lowest BCUT2D eigenvalue weighted by atomic mass is 10.00. The number of nitrogens with zero attached hydrogens (tertiary/aromatic N) is 1. The van der Waals surface area contributed by atoms with Gasteiger partial charge in [0.1, 0.15) is 11.3 Å². The van der Waals surface area contributed by atoms with E-state index in [1.165, 1.54) is 7.11 Å². The lowest BCUT2D eigenvalue weighted by molar-refractivity contribution is -0.135. The summed E-state index contributed by atoms with van der Waals surface area (Å²) in [6.45, 7) is 3.71. The van der Waals surface area contributed by atoms with Crippen molar-refractivity contribution in [1.82, 2.24) is 0 Å². The molecule has 0 saturated carbocycles. The number of esters is 1. The van der Waals surface area contributed by atoms with Crippen molar-refractivity contribution >= 4 is 11.7 Å². The summed E-state index contributed by atoms with van der Waals surface area (Å²) in [6, 6.07) is 0.0865. The molecule has 0 fully saturated rings. The highest BCUT2D eigenvalue weighted by molar-refractivity contribution is 6.19. The second-order valence-corrected chi connectivity index (χ2v) is 3.29. The summed E-state index contributed by atoms with van der Waals surface area (Å²) in [5.74, 6) is -0.422. The van der Waals surface area contributed by atoms with Crippen molar-refractivity contribution in [3.05, 3.63) is 11.3 Å². The Balaban J connectivity index is 2.96. The average molecular weight is 197 g/mol. The fourth-order valence-corrected chi connectivity index (χ4v) is 1.52. The normalized spacial score (nSPS) is 21.9. The molecule has 0 aromatic heterocycles. The zero-order chi connectivity index (χ0) is 10.7. The van der Waals surface area contributed by atoms with Crippen molar-refractivity contribution in [1.29, 1.82) is 0 Å². The first-order chi connectivity index (χ1) is 6.60. The number of hydrogen-bond acceptors (Lipinski definition) is 4. The van der Waals surface area contributed by atoms with Crippen LogP contribution >= 0.6 is 0 Å². The van der Waals surface area contributed by atoms with E-state index < -0.39 is 5.97 Å². The molecular weight excluding hydrogens is 182 g/mol. The van der Waals surface area contributed by atoms with E-state index in [4.69, 9.17) is 0 Å². The van der Waals surface area contributed by atoms with Gasteiger partial charge in [0, 0.05) is 12.1 Å². The van der Waals surface area contributed by atoms with Gasteiger partial charge in [0.25, 0.3) is 0 Å². The number of carbonyl (C=O) groups excluding carboxylic acids is 1. The van der Waals surface area contributed by atoms with Crippen LogP contribution in [0.25, 0.3) is 0 Å². The molecular formula is C10H15NO3. The van der Waals surface area contributed by atoms with Gasteiger partial charge in [0.15, 0.2) is 0 Å². The van der Waals surface area contributed by atoms with Crippen LogP contribution in [-0.4, -0.2) is 29.9 Å². The summed E-state index contributed by atoms with van der Waals surface area (Å²) in [4.78, 5) is 15.6. The number of hydrogen-bond donors (Lipinski definition) is 1. The molecule has 4 heteroatoms. The summed E-state index contributed by atoms with van der Waals surface area (Å²) in [6.07, 6.45) is 1.29. The average Bonchev–Trinajstić information content (AvgIpc) is 2.16. The zero-order valence-electron chi connectivity index (χ0n) is 8.70. The molecule has 4 nitrogen and oxygen atoms in total. The maximum Gasteiger partial charge on any atom is 0.343 e. The van der Waals surface area contributed by atoms with E-state index >= 15 is 0 Å². The van der Waals surface area contributed by atoms with Crippen molar-refractivity contribution in [2.24, 2.45) is 4.99 Å². The number of methoxy groups -OCH3 is 1. The Kier molecular flexibility index (Phi) is 3.28. The zero-order valence-corrected chi connectivity index (χ0v) is 8.70. The van der Waals surface area contributed by atoms with E-state index in [2.05, 4.69) is 9.73 Å².